The van der Waals surface area contributed by atoms with Crippen molar-refractivity contribution >= 4 is 11.0 Å². The summed E-state index contributed by atoms with van der Waals surface area (Å²) >= 11 is 0. The normalized spacial score (nSPS) is 7.67. The van der Waals surface area contributed by atoms with Crippen LogP contribution in [0.1, 0.15) is 0 Å². The van der Waals surface area contributed by atoms with Gasteiger partial charge in [0, 0.05) is 11.0 Å². The minimum absolute atomic E-state index is 0. The Bertz CT molecular complexity index is 68.9. The van der Waals surface area contributed by atoms with Crippen molar-refractivity contribution in [3.63, 3.8) is 0 Å². The van der Waals surface area contributed by atoms with Crippen molar-refractivity contribution in [1.29, 1.82) is 0 Å². The third kappa shape index (κ3) is 8.83. The van der Waals surface area contributed by atoms with E-state index in [4.69, 9.17) is 8.42 Å². The van der Waals surface area contributed by atoms with Crippen LogP contribution in [0.15, 0.2) is 0 Å². The summed E-state index contributed by atoms with van der Waals surface area (Å²) in [7, 11) is 0.139. The van der Waals surface area contributed by atoms with Crippen molar-refractivity contribution in [2.45, 2.75) is 0 Å². The van der Waals surface area contributed by atoms with Gasteiger partial charge in [-0.05, 0) is 0 Å². The Hall–Kier alpha value is 0.429. The van der Waals surface area contributed by atoms with Crippen LogP contribution in [0, 0.1) is 7.11 Å². The molecule has 5 heteroatoms. The molecular formula is CH2FeO3S. The van der Waals surface area contributed by atoms with E-state index in [0.29, 0.717) is 0 Å². The predicted molar refractivity (Wildman–Crippen MR) is 15.2 cm³/mol. The van der Waals surface area contributed by atoms with Gasteiger partial charge in [0.2, 0.25) is 0 Å². The molecule has 0 fully saturated rings. The van der Waals surface area contributed by atoms with E-state index in [0.717, 1.165) is 0 Å². The molecule has 0 heterocycles. The fourth-order valence-corrected chi connectivity index (χ4v) is 0. The molecule has 0 unspecified atom stereocenters. The van der Waals surface area contributed by atoms with E-state index in [1.807, 2.05) is 0 Å². The van der Waals surface area contributed by atoms with Gasteiger partial charge in [-0.3, -0.25) is 0 Å². The summed E-state index contributed by atoms with van der Waals surface area (Å²) in [6, 6.07) is 0. The molecule has 3 nitrogen and oxygen atoms in total. The van der Waals surface area contributed by atoms with Gasteiger partial charge in [-0.25, -0.2) is 7.11 Å². The Labute approximate surface area is 48.3 Å². The van der Waals surface area contributed by atoms with Gasteiger partial charge in [0.05, 0.1) is 0 Å². The summed E-state index contributed by atoms with van der Waals surface area (Å²) in [5.41, 5.74) is 0. The molecule has 0 radical (unpaired) electrons. The van der Waals surface area contributed by atoms with Gasteiger partial charge in [0.25, 0.3) is 0 Å². The van der Waals surface area contributed by atoms with Gasteiger partial charge in [-0.15, -0.1) is 0 Å². The van der Waals surface area contributed by atoms with Crippen LogP contribution in [-0.2, 0) is 40.7 Å². The van der Waals surface area contributed by atoms with E-state index >= 15 is 0 Å². The Morgan fingerprint density at radius 1 is 1.50 bits per heavy atom. The van der Waals surface area contributed by atoms with Crippen LogP contribution < -0.4 is 0 Å². The summed E-state index contributed by atoms with van der Waals surface area (Å²) in [6.07, 6.45) is 0. The van der Waals surface area contributed by atoms with Gasteiger partial charge in [0.1, 0.15) is 0 Å². The molecule has 0 aromatic heterocycles. The number of hydrogen-bond donors (Lipinski definition) is 0. The molecule has 0 spiro atoms. The molecule has 0 aliphatic carbocycles. The van der Waals surface area contributed by atoms with Crippen LogP contribution in [0.25, 0.3) is 0 Å². The van der Waals surface area contributed by atoms with Gasteiger partial charge < -0.3 is 12.6 Å². The largest absolute Gasteiger partial charge is 2.00 e. The van der Waals surface area contributed by atoms with Crippen molar-refractivity contribution in [3.05, 3.63) is 7.11 Å². The maximum Gasteiger partial charge on any atom is 2.00 e. The van der Waals surface area contributed by atoms with Crippen LogP contribution >= 0.6 is 0 Å². The third-order valence-electron chi connectivity index (χ3n) is 0.0962. The average Bonchev–Trinajstić information content (AvgIpc) is 1.38. The van der Waals surface area contributed by atoms with Crippen LogP contribution in [-0.4, -0.2) is 0 Å². The SMILES string of the molecule is [CH2-]O[S-](=O)=O.[Fe+2]. The van der Waals surface area contributed by atoms with E-state index < -0.39 is 11.0 Å². The molecule has 0 rings (SSSR count). The standard InChI is InChI=1S/CH2O3S.Fe/c1-4-5(2)3;/h1H2;/q-2;+2. The second-order valence-electron chi connectivity index (χ2n) is 0.322. The summed E-state index contributed by atoms with van der Waals surface area (Å²) in [4.78, 5) is 0. The second-order valence-corrected chi connectivity index (χ2v) is 0.966. The molecule has 0 aliphatic rings. The van der Waals surface area contributed by atoms with Crippen molar-refractivity contribution in [1.82, 2.24) is 0 Å². The quantitative estimate of drug-likeness (QED) is 0.300. The van der Waals surface area contributed by atoms with Crippen LogP contribution in [0.2, 0.25) is 0 Å². The van der Waals surface area contributed by atoms with E-state index in [9.17, 15) is 0 Å². The Morgan fingerprint density at radius 3 is 1.67 bits per heavy atom. The van der Waals surface area contributed by atoms with Gasteiger partial charge in [0.15, 0.2) is 0 Å². The molecule has 0 amide bonds. The van der Waals surface area contributed by atoms with Crippen molar-refractivity contribution in [2.24, 2.45) is 0 Å². The molecule has 0 aliphatic heterocycles. The minimum Gasteiger partial charge on any atom is -0.605 e. The van der Waals surface area contributed by atoms with Gasteiger partial charge >= 0.3 is 17.1 Å². The van der Waals surface area contributed by atoms with Crippen molar-refractivity contribution in [3.8, 4) is 0 Å². The first-order valence-electron chi connectivity index (χ1n) is 0.789. The topological polar surface area (TPSA) is 43.4 Å². The zero-order valence-corrected chi connectivity index (χ0v) is 4.61. The fourth-order valence-electron chi connectivity index (χ4n) is 0. The first kappa shape index (κ1) is 9.66. The summed E-state index contributed by atoms with van der Waals surface area (Å²) in [6.45, 7) is 0. The van der Waals surface area contributed by atoms with E-state index in [-0.39, 0.29) is 17.1 Å². The first-order valence-corrected chi connectivity index (χ1v) is 1.79. The number of hydrogen-bond acceptors (Lipinski definition) is 4. The molecule has 0 atom stereocenters. The minimum atomic E-state index is -2.43. The Balaban J connectivity index is 0. The summed E-state index contributed by atoms with van der Waals surface area (Å²) in [5, 5.41) is 0. The Kier molecular flexibility index (Phi) is 8.74. The third-order valence-corrected chi connectivity index (χ3v) is 0.289. The summed E-state index contributed by atoms with van der Waals surface area (Å²) in [5.74, 6) is 0. The van der Waals surface area contributed by atoms with Gasteiger partial charge in [-0.2, -0.15) is 0 Å². The molecular weight excluding hydrogens is 148 g/mol. The fraction of sp³-hybridized carbons (Fsp3) is 0. The average molecular weight is 150 g/mol. The predicted octanol–water partition coefficient (Wildman–Crippen LogP) is 0.0164. The molecule has 0 aromatic carbocycles. The van der Waals surface area contributed by atoms with E-state index in [2.05, 4.69) is 11.3 Å². The van der Waals surface area contributed by atoms with Crippen molar-refractivity contribution in [2.75, 3.05) is 0 Å². The Morgan fingerprint density at radius 2 is 1.67 bits per heavy atom. The molecule has 0 aromatic rings. The zero-order chi connectivity index (χ0) is 4.28. The first-order chi connectivity index (χ1) is 2.27. The molecule has 0 N–H and O–H groups in total. The summed E-state index contributed by atoms with van der Waals surface area (Å²) < 4.78 is 21.6. The van der Waals surface area contributed by atoms with Crippen LogP contribution in [0.4, 0.5) is 0 Å². The van der Waals surface area contributed by atoms with E-state index in [1.165, 1.54) is 0 Å². The maximum atomic E-state index is 9.08. The second kappa shape index (κ2) is 5.43. The maximum absolute atomic E-state index is 9.08. The van der Waals surface area contributed by atoms with Gasteiger partial charge in [-0.1, -0.05) is 0 Å². The van der Waals surface area contributed by atoms with Crippen LogP contribution in [0.5, 0.6) is 0 Å². The molecule has 38 valence electrons. The zero-order valence-electron chi connectivity index (χ0n) is 2.69. The molecule has 0 saturated carbocycles. The van der Waals surface area contributed by atoms with E-state index in [1.54, 1.807) is 0 Å². The van der Waals surface area contributed by atoms with Crippen LogP contribution in [0.3, 0.4) is 0 Å². The molecule has 6 heavy (non-hydrogen) atoms. The van der Waals surface area contributed by atoms with Crippen molar-refractivity contribution < 1.29 is 29.7 Å². The molecule has 0 saturated heterocycles. The molecule has 0 bridgehead atoms. The number of rotatable bonds is 1. The monoisotopic (exact) mass is 150 g/mol. The smallest absolute Gasteiger partial charge is 0.605 e.